The summed E-state index contributed by atoms with van der Waals surface area (Å²) in [6.45, 7) is 10.2. The van der Waals surface area contributed by atoms with Gasteiger partial charge in [0, 0.05) is 18.3 Å². The Kier molecular flexibility index (Phi) is 3.91. The lowest BCUT2D eigenvalue weighted by atomic mass is 9.77. The second kappa shape index (κ2) is 5.59. The summed E-state index contributed by atoms with van der Waals surface area (Å²) >= 11 is 0. The van der Waals surface area contributed by atoms with Gasteiger partial charge in [-0.3, -0.25) is 0 Å². The fourth-order valence-corrected chi connectivity index (χ4v) is 4.33. The quantitative estimate of drug-likeness (QED) is 0.795. The van der Waals surface area contributed by atoms with Crippen LogP contribution in [0.25, 0.3) is 0 Å². The summed E-state index contributed by atoms with van der Waals surface area (Å²) in [7, 11) is 2.23. The molecule has 0 radical (unpaired) electrons. The van der Waals surface area contributed by atoms with Crippen molar-refractivity contribution in [3.8, 4) is 6.07 Å². The summed E-state index contributed by atoms with van der Waals surface area (Å²) < 4.78 is 0. The Bertz CT molecular complexity index is 606. The zero-order chi connectivity index (χ0) is 15.9. The fourth-order valence-electron chi connectivity index (χ4n) is 4.33. The van der Waals surface area contributed by atoms with E-state index in [9.17, 15) is 5.26 Å². The lowest BCUT2D eigenvalue weighted by molar-refractivity contribution is 0.139. The molecule has 0 aliphatic carbocycles. The first-order valence-corrected chi connectivity index (χ1v) is 8.41. The minimum absolute atomic E-state index is 0.500. The largest absolute Gasteiger partial charge is 0.368 e. The van der Waals surface area contributed by atoms with Crippen LogP contribution < -0.4 is 4.90 Å². The standard InChI is InChI=1S/C19H27N3/c1-14-11-19(7-9-21(4)10-8-19)13-22(14)18-6-5-17(12-20)15(2)16(18)3/h5-6,14H,7-11,13H2,1-4H3/t14-/m0/s1. The van der Waals surface area contributed by atoms with E-state index < -0.39 is 0 Å². The molecule has 1 atom stereocenters. The molecule has 3 nitrogen and oxygen atoms in total. The maximum atomic E-state index is 9.21. The van der Waals surface area contributed by atoms with E-state index in [2.05, 4.69) is 49.8 Å². The van der Waals surface area contributed by atoms with Gasteiger partial charge in [-0.2, -0.15) is 5.26 Å². The summed E-state index contributed by atoms with van der Waals surface area (Å²) in [5.41, 5.74) is 5.05. The molecular weight excluding hydrogens is 270 g/mol. The van der Waals surface area contributed by atoms with Gasteiger partial charge in [0.05, 0.1) is 11.6 Å². The van der Waals surface area contributed by atoms with E-state index in [1.807, 2.05) is 6.07 Å². The van der Waals surface area contributed by atoms with E-state index in [0.717, 1.165) is 11.1 Å². The monoisotopic (exact) mass is 297 g/mol. The van der Waals surface area contributed by atoms with Crippen LogP contribution in [0, 0.1) is 30.6 Å². The third kappa shape index (κ3) is 2.50. The Labute approximate surface area is 134 Å². The smallest absolute Gasteiger partial charge is 0.0994 e. The average molecular weight is 297 g/mol. The van der Waals surface area contributed by atoms with E-state index in [1.165, 1.54) is 50.1 Å². The highest BCUT2D eigenvalue weighted by molar-refractivity contribution is 5.61. The van der Waals surface area contributed by atoms with Crippen molar-refractivity contribution >= 4 is 5.69 Å². The minimum Gasteiger partial charge on any atom is -0.368 e. The summed E-state index contributed by atoms with van der Waals surface area (Å²) in [6, 6.07) is 7.04. The van der Waals surface area contributed by atoms with Gasteiger partial charge in [0.25, 0.3) is 0 Å². The number of rotatable bonds is 1. The summed E-state index contributed by atoms with van der Waals surface area (Å²) in [5.74, 6) is 0. The van der Waals surface area contributed by atoms with Gasteiger partial charge < -0.3 is 9.80 Å². The molecule has 3 heteroatoms. The van der Waals surface area contributed by atoms with Crippen LogP contribution in [0.15, 0.2) is 12.1 Å². The maximum Gasteiger partial charge on any atom is 0.0994 e. The van der Waals surface area contributed by atoms with Crippen LogP contribution in [0.4, 0.5) is 5.69 Å². The van der Waals surface area contributed by atoms with Crippen molar-refractivity contribution in [3.05, 3.63) is 28.8 Å². The van der Waals surface area contributed by atoms with Crippen molar-refractivity contribution < 1.29 is 0 Å². The van der Waals surface area contributed by atoms with Crippen molar-refractivity contribution in [1.29, 1.82) is 5.26 Å². The molecule has 0 aromatic heterocycles. The lowest BCUT2D eigenvalue weighted by Gasteiger charge is -2.38. The zero-order valence-electron chi connectivity index (χ0n) is 14.3. The van der Waals surface area contributed by atoms with Gasteiger partial charge in [0.15, 0.2) is 0 Å². The molecule has 1 aromatic rings. The topological polar surface area (TPSA) is 30.3 Å². The first-order chi connectivity index (χ1) is 10.5. The Hall–Kier alpha value is -1.53. The van der Waals surface area contributed by atoms with Gasteiger partial charge in [-0.1, -0.05) is 0 Å². The fraction of sp³-hybridized carbons (Fsp3) is 0.632. The molecule has 0 amide bonds. The number of hydrogen-bond acceptors (Lipinski definition) is 3. The first kappa shape index (κ1) is 15.4. The lowest BCUT2D eigenvalue weighted by Crippen LogP contribution is -2.39. The van der Waals surface area contributed by atoms with Gasteiger partial charge in [-0.05, 0) is 88.8 Å². The molecule has 0 saturated carbocycles. The normalized spacial score (nSPS) is 24.7. The molecule has 2 fully saturated rings. The van der Waals surface area contributed by atoms with Gasteiger partial charge in [-0.25, -0.2) is 0 Å². The number of hydrogen-bond donors (Lipinski definition) is 0. The number of nitriles is 1. The Morgan fingerprint density at radius 2 is 1.86 bits per heavy atom. The highest BCUT2D eigenvalue weighted by Gasteiger charge is 2.43. The molecule has 0 N–H and O–H groups in total. The number of anilines is 1. The maximum absolute atomic E-state index is 9.21. The third-order valence-corrected chi connectivity index (χ3v) is 6.00. The van der Waals surface area contributed by atoms with Crippen molar-refractivity contribution in [3.63, 3.8) is 0 Å². The van der Waals surface area contributed by atoms with Crippen LogP contribution >= 0.6 is 0 Å². The molecule has 1 spiro atoms. The molecule has 0 bridgehead atoms. The van der Waals surface area contributed by atoms with Gasteiger partial charge in [-0.15, -0.1) is 0 Å². The van der Waals surface area contributed by atoms with Gasteiger partial charge in [0.2, 0.25) is 0 Å². The third-order valence-electron chi connectivity index (χ3n) is 6.00. The molecule has 2 saturated heterocycles. The summed E-state index contributed by atoms with van der Waals surface area (Å²) in [6.07, 6.45) is 3.94. The summed E-state index contributed by atoms with van der Waals surface area (Å²) in [4.78, 5) is 5.05. The minimum atomic E-state index is 0.500. The van der Waals surface area contributed by atoms with E-state index in [4.69, 9.17) is 0 Å². The Balaban J connectivity index is 1.87. The molecule has 0 unspecified atom stereocenters. The highest BCUT2D eigenvalue weighted by atomic mass is 15.2. The van der Waals surface area contributed by atoms with Crippen molar-refractivity contribution in [1.82, 2.24) is 4.90 Å². The highest BCUT2D eigenvalue weighted by Crippen LogP contribution is 2.45. The number of piperidine rings is 1. The predicted octanol–water partition coefficient (Wildman–Crippen LogP) is 3.49. The zero-order valence-corrected chi connectivity index (χ0v) is 14.3. The average Bonchev–Trinajstić information content (AvgIpc) is 2.82. The molecule has 118 valence electrons. The van der Waals surface area contributed by atoms with Crippen molar-refractivity contribution in [2.75, 3.05) is 31.6 Å². The molecule has 1 aromatic carbocycles. The SMILES string of the molecule is Cc1c(C#N)ccc(N2CC3(CCN(C)CC3)C[C@@H]2C)c1C. The van der Waals surface area contributed by atoms with Gasteiger partial charge >= 0.3 is 0 Å². The molecule has 3 rings (SSSR count). The van der Waals surface area contributed by atoms with Crippen LogP contribution in [0.1, 0.15) is 42.9 Å². The number of benzene rings is 1. The van der Waals surface area contributed by atoms with Crippen LogP contribution in [0.3, 0.4) is 0 Å². The van der Waals surface area contributed by atoms with E-state index in [1.54, 1.807) is 0 Å². The van der Waals surface area contributed by atoms with Crippen molar-refractivity contribution in [2.24, 2.45) is 5.41 Å². The predicted molar refractivity (Wildman–Crippen MR) is 91.2 cm³/mol. The van der Waals surface area contributed by atoms with Crippen molar-refractivity contribution in [2.45, 2.75) is 46.1 Å². The van der Waals surface area contributed by atoms with Crippen LogP contribution in [-0.2, 0) is 0 Å². The number of likely N-dealkylation sites (tertiary alicyclic amines) is 1. The second-order valence-corrected chi connectivity index (χ2v) is 7.48. The number of nitrogens with zero attached hydrogens (tertiary/aromatic N) is 3. The van der Waals surface area contributed by atoms with Crippen LogP contribution in [-0.4, -0.2) is 37.6 Å². The van der Waals surface area contributed by atoms with E-state index >= 15 is 0 Å². The van der Waals surface area contributed by atoms with E-state index in [0.29, 0.717) is 11.5 Å². The van der Waals surface area contributed by atoms with Crippen LogP contribution in [0.5, 0.6) is 0 Å². The molecule has 2 heterocycles. The van der Waals surface area contributed by atoms with Gasteiger partial charge in [0.1, 0.15) is 0 Å². The first-order valence-electron chi connectivity index (χ1n) is 8.41. The summed E-state index contributed by atoms with van der Waals surface area (Å²) in [5, 5.41) is 9.21. The molecule has 22 heavy (non-hydrogen) atoms. The van der Waals surface area contributed by atoms with E-state index in [-0.39, 0.29) is 0 Å². The Morgan fingerprint density at radius 3 is 2.50 bits per heavy atom. The van der Waals surface area contributed by atoms with Crippen LogP contribution in [0.2, 0.25) is 0 Å². The second-order valence-electron chi connectivity index (χ2n) is 7.48. The molecular formula is C19H27N3. The Morgan fingerprint density at radius 1 is 1.18 bits per heavy atom. The molecule has 2 aliphatic heterocycles. The molecule has 2 aliphatic rings.